The molecule has 7 nitrogen and oxygen atoms in total. The number of halogens is 1. The van der Waals surface area contributed by atoms with Gasteiger partial charge in [-0.25, -0.2) is 0 Å². The summed E-state index contributed by atoms with van der Waals surface area (Å²) in [6.45, 7) is 3.46. The summed E-state index contributed by atoms with van der Waals surface area (Å²) in [5, 5.41) is 8.55. The van der Waals surface area contributed by atoms with Crippen molar-refractivity contribution in [3.8, 4) is 5.75 Å². The molecule has 1 aliphatic heterocycles. The van der Waals surface area contributed by atoms with Crippen LogP contribution in [0.2, 0.25) is 0 Å². The summed E-state index contributed by atoms with van der Waals surface area (Å²) in [5.41, 5.74) is 1.27. The van der Waals surface area contributed by atoms with Gasteiger partial charge in [-0.1, -0.05) is 28.1 Å². The van der Waals surface area contributed by atoms with Crippen LogP contribution in [0, 0.1) is 0 Å². The monoisotopic (exact) mass is 505 g/mol. The molecule has 0 bridgehead atoms. The van der Waals surface area contributed by atoms with Crippen molar-refractivity contribution in [3.05, 3.63) is 58.1 Å². The van der Waals surface area contributed by atoms with Crippen LogP contribution in [-0.4, -0.2) is 42.8 Å². The number of benzene rings is 2. The van der Waals surface area contributed by atoms with Crippen LogP contribution in [0.15, 0.2) is 46.9 Å². The summed E-state index contributed by atoms with van der Waals surface area (Å²) in [4.78, 5) is 25.4. The first-order valence-electron chi connectivity index (χ1n) is 10.0. The second-order valence-corrected chi connectivity index (χ2v) is 8.20. The largest absolute Gasteiger partial charge is 0.493 e. The number of anilines is 1. The quantitative estimate of drug-likeness (QED) is 0.494. The average Bonchev–Trinajstić information content (AvgIpc) is 3.27. The molecule has 3 N–H and O–H groups in total. The summed E-state index contributed by atoms with van der Waals surface area (Å²) in [6, 6.07) is 12.1. The van der Waals surface area contributed by atoms with Crippen molar-refractivity contribution in [2.75, 3.05) is 25.1 Å². The molecule has 0 spiro atoms. The van der Waals surface area contributed by atoms with E-state index in [4.69, 9.17) is 21.7 Å². The fraction of sp³-hybridized carbons (Fsp3) is 0.318. The van der Waals surface area contributed by atoms with Crippen molar-refractivity contribution in [2.45, 2.75) is 25.9 Å². The van der Waals surface area contributed by atoms with Gasteiger partial charge in [0.05, 0.1) is 29.5 Å². The van der Waals surface area contributed by atoms with Gasteiger partial charge in [-0.15, -0.1) is 0 Å². The molecular weight excluding hydrogens is 482 g/mol. The Morgan fingerprint density at radius 1 is 1.19 bits per heavy atom. The maximum Gasteiger partial charge on any atom is 0.261 e. The van der Waals surface area contributed by atoms with E-state index in [9.17, 15) is 9.59 Å². The number of ether oxygens (including phenoxy) is 2. The van der Waals surface area contributed by atoms with Crippen LogP contribution in [0.4, 0.5) is 5.69 Å². The smallest absolute Gasteiger partial charge is 0.261 e. The van der Waals surface area contributed by atoms with Crippen molar-refractivity contribution in [1.29, 1.82) is 0 Å². The number of amides is 2. The van der Waals surface area contributed by atoms with Crippen molar-refractivity contribution < 1.29 is 19.1 Å². The molecule has 1 fully saturated rings. The van der Waals surface area contributed by atoms with Gasteiger partial charge in [0.25, 0.3) is 11.8 Å². The van der Waals surface area contributed by atoms with Crippen LogP contribution < -0.4 is 20.7 Å². The Labute approximate surface area is 195 Å². The Morgan fingerprint density at radius 3 is 2.74 bits per heavy atom. The van der Waals surface area contributed by atoms with E-state index in [0.717, 1.165) is 23.9 Å². The van der Waals surface area contributed by atoms with Crippen LogP contribution in [0.5, 0.6) is 5.75 Å². The molecule has 2 amide bonds. The van der Waals surface area contributed by atoms with Crippen molar-refractivity contribution in [3.63, 3.8) is 0 Å². The van der Waals surface area contributed by atoms with Crippen LogP contribution in [0.3, 0.4) is 0 Å². The van der Waals surface area contributed by atoms with Crippen molar-refractivity contribution in [2.24, 2.45) is 0 Å². The molecule has 3 rings (SSSR count). The Morgan fingerprint density at radius 2 is 2.00 bits per heavy atom. The molecule has 31 heavy (non-hydrogen) atoms. The lowest BCUT2D eigenvalue weighted by Gasteiger charge is -2.16. The second-order valence-electron chi connectivity index (χ2n) is 6.87. The molecule has 2 aromatic carbocycles. The molecule has 9 heteroatoms. The van der Waals surface area contributed by atoms with Gasteiger partial charge in [-0.3, -0.25) is 14.9 Å². The number of thiocarbonyl (C=S) groups is 1. The van der Waals surface area contributed by atoms with Crippen LogP contribution in [0.1, 0.15) is 40.5 Å². The number of hydrogen-bond donors (Lipinski definition) is 3. The lowest BCUT2D eigenvalue weighted by atomic mass is 10.1. The van der Waals surface area contributed by atoms with Gasteiger partial charge in [0.1, 0.15) is 5.75 Å². The van der Waals surface area contributed by atoms with E-state index in [2.05, 4.69) is 31.9 Å². The average molecular weight is 506 g/mol. The minimum Gasteiger partial charge on any atom is -0.493 e. The first-order valence-corrected chi connectivity index (χ1v) is 11.2. The SMILES string of the molecule is CCOc1ccc(Br)cc1C(=O)NC(=S)Nc1ccccc1C(=O)NCC1CCCO1. The number of rotatable bonds is 7. The van der Waals surface area contributed by atoms with E-state index in [0.29, 0.717) is 35.7 Å². The standard InChI is InChI=1S/C22H24BrN3O4S/c1-2-29-19-10-9-14(23)12-17(19)21(28)26-22(31)25-18-8-4-3-7-16(18)20(27)24-13-15-6-5-11-30-15/h3-4,7-10,12,15H,2,5-6,11,13H2,1H3,(H,24,27)(H2,25,26,28,31). The summed E-state index contributed by atoms with van der Waals surface area (Å²) >= 11 is 8.67. The fourth-order valence-corrected chi connectivity index (χ4v) is 3.75. The van der Waals surface area contributed by atoms with E-state index in [1.165, 1.54) is 0 Å². The fourth-order valence-electron chi connectivity index (χ4n) is 3.18. The summed E-state index contributed by atoms with van der Waals surface area (Å²) < 4.78 is 11.8. The lowest BCUT2D eigenvalue weighted by Crippen LogP contribution is -2.36. The Balaban J connectivity index is 1.65. The van der Waals surface area contributed by atoms with Gasteiger partial charge in [0.2, 0.25) is 0 Å². The Kier molecular flexibility index (Phi) is 8.39. The minimum absolute atomic E-state index is 0.0502. The topological polar surface area (TPSA) is 88.7 Å². The molecule has 1 saturated heterocycles. The zero-order valence-electron chi connectivity index (χ0n) is 17.1. The summed E-state index contributed by atoms with van der Waals surface area (Å²) in [6.07, 6.45) is 2.00. The number of para-hydroxylation sites is 1. The minimum atomic E-state index is -0.414. The van der Waals surface area contributed by atoms with E-state index in [-0.39, 0.29) is 17.1 Å². The normalized spacial score (nSPS) is 15.2. The van der Waals surface area contributed by atoms with E-state index < -0.39 is 5.91 Å². The van der Waals surface area contributed by atoms with Crippen LogP contribution in [0.25, 0.3) is 0 Å². The molecule has 164 valence electrons. The summed E-state index contributed by atoms with van der Waals surface area (Å²) in [5.74, 6) is -0.194. The third-order valence-electron chi connectivity index (χ3n) is 4.65. The molecule has 1 atom stereocenters. The molecule has 0 radical (unpaired) electrons. The van der Waals surface area contributed by atoms with Gasteiger partial charge >= 0.3 is 0 Å². The highest BCUT2D eigenvalue weighted by molar-refractivity contribution is 9.10. The molecule has 0 saturated carbocycles. The van der Waals surface area contributed by atoms with Crippen LogP contribution in [-0.2, 0) is 4.74 Å². The van der Waals surface area contributed by atoms with Gasteiger partial charge in [0.15, 0.2) is 5.11 Å². The number of carbonyl (C=O) groups is 2. The lowest BCUT2D eigenvalue weighted by molar-refractivity contribution is 0.0858. The summed E-state index contributed by atoms with van der Waals surface area (Å²) in [7, 11) is 0. The number of carbonyl (C=O) groups excluding carboxylic acids is 2. The van der Waals surface area contributed by atoms with Gasteiger partial charge in [-0.05, 0) is 62.3 Å². The zero-order valence-corrected chi connectivity index (χ0v) is 19.5. The third-order valence-corrected chi connectivity index (χ3v) is 5.34. The second kappa shape index (κ2) is 11.2. The number of nitrogens with one attached hydrogen (secondary N) is 3. The maximum absolute atomic E-state index is 12.7. The van der Waals surface area contributed by atoms with Crippen molar-refractivity contribution >= 4 is 50.8 Å². The Hall–Kier alpha value is -2.49. The van der Waals surface area contributed by atoms with Gasteiger partial charge < -0.3 is 20.1 Å². The molecule has 1 unspecified atom stereocenters. The third kappa shape index (κ3) is 6.49. The van der Waals surface area contributed by atoms with Crippen molar-refractivity contribution in [1.82, 2.24) is 10.6 Å². The molecule has 1 aliphatic rings. The predicted molar refractivity (Wildman–Crippen MR) is 127 cm³/mol. The highest BCUT2D eigenvalue weighted by atomic mass is 79.9. The van der Waals surface area contributed by atoms with E-state index in [1.54, 1.807) is 42.5 Å². The molecule has 1 heterocycles. The molecule has 2 aromatic rings. The zero-order chi connectivity index (χ0) is 22.2. The number of hydrogen-bond acceptors (Lipinski definition) is 5. The van der Waals surface area contributed by atoms with E-state index in [1.807, 2.05) is 6.92 Å². The maximum atomic E-state index is 12.7. The first kappa shape index (κ1) is 23.2. The van der Waals surface area contributed by atoms with E-state index >= 15 is 0 Å². The Bertz CT molecular complexity index is 964. The highest BCUT2D eigenvalue weighted by Crippen LogP contribution is 2.23. The molecule has 0 aromatic heterocycles. The molecule has 0 aliphatic carbocycles. The first-order chi connectivity index (χ1) is 15.0. The van der Waals surface area contributed by atoms with Crippen LogP contribution >= 0.6 is 28.1 Å². The molecular formula is C22H24BrN3O4S. The van der Waals surface area contributed by atoms with Gasteiger partial charge in [0, 0.05) is 17.6 Å². The highest BCUT2D eigenvalue weighted by Gasteiger charge is 2.19. The van der Waals surface area contributed by atoms with Gasteiger partial charge in [-0.2, -0.15) is 0 Å². The predicted octanol–water partition coefficient (Wildman–Crippen LogP) is 3.88.